The van der Waals surface area contributed by atoms with Gasteiger partial charge in [-0.25, -0.2) is 0 Å². The fourth-order valence-electron chi connectivity index (χ4n) is 1.68. The van der Waals surface area contributed by atoms with Crippen molar-refractivity contribution < 1.29 is 9.53 Å². The van der Waals surface area contributed by atoms with Gasteiger partial charge in [-0.2, -0.15) is 0 Å². The molecular weight excluding hydrogens is 178 g/mol. The lowest BCUT2D eigenvalue weighted by atomic mass is 9.96. The van der Waals surface area contributed by atoms with Gasteiger partial charge >= 0.3 is 0 Å². The molecule has 0 aromatic heterocycles. The highest BCUT2D eigenvalue weighted by Gasteiger charge is 2.20. The van der Waals surface area contributed by atoms with Gasteiger partial charge < -0.3 is 10.1 Å². The van der Waals surface area contributed by atoms with Crippen LogP contribution in [0.1, 0.15) is 39.0 Å². The van der Waals surface area contributed by atoms with Crippen LogP contribution >= 0.6 is 0 Å². The van der Waals surface area contributed by atoms with Gasteiger partial charge in [-0.15, -0.1) is 0 Å². The van der Waals surface area contributed by atoms with Crippen molar-refractivity contribution in [3.05, 3.63) is 0 Å². The fraction of sp³-hybridized carbons (Fsp3) is 0.909. The number of rotatable bonds is 6. The molecule has 1 fully saturated rings. The topological polar surface area (TPSA) is 38.3 Å². The van der Waals surface area contributed by atoms with Crippen molar-refractivity contribution in [2.45, 2.75) is 39.0 Å². The molecule has 0 radical (unpaired) electrons. The summed E-state index contributed by atoms with van der Waals surface area (Å²) in [6.07, 6.45) is 5.32. The number of nitrogens with one attached hydrogen (secondary N) is 1. The lowest BCUT2D eigenvalue weighted by Gasteiger charge is -2.21. The standard InChI is InChI=1S/C11H21NO2/c1-2-3-8-14-9-6-10-5-4-7-12-11(10)13/h10H,2-9H2,1H3,(H,12,13). The molecule has 0 spiro atoms. The Labute approximate surface area is 86.2 Å². The summed E-state index contributed by atoms with van der Waals surface area (Å²) in [5.74, 6) is 0.417. The normalized spacial score (nSPS) is 22.1. The molecule has 1 atom stereocenters. The number of hydrogen-bond donors (Lipinski definition) is 1. The number of amides is 1. The van der Waals surface area contributed by atoms with E-state index >= 15 is 0 Å². The average Bonchev–Trinajstić information content (AvgIpc) is 2.20. The Kier molecular flexibility index (Phi) is 5.60. The Hall–Kier alpha value is -0.570. The number of ether oxygens (including phenoxy) is 1. The highest BCUT2D eigenvalue weighted by atomic mass is 16.5. The van der Waals surface area contributed by atoms with E-state index in [9.17, 15) is 4.79 Å². The summed E-state index contributed by atoms with van der Waals surface area (Å²) in [6, 6.07) is 0. The summed E-state index contributed by atoms with van der Waals surface area (Å²) in [5, 5.41) is 2.89. The van der Waals surface area contributed by atoms with Crippen molar-refractivity contribution in [1.82, 2.24) is 5.32 Å². The minimum absolute atomic E-state index is 0.199. The van der Waals surface area contributed by atoms with Gasteiger partial charge in [0.2, 0.25) is 5.91 Å². The zero-order chi connectivity index (χ0) is 10.2. The van der Waals surface area contributed by atoms with E-state index in [0.29, 0.717) is 0 Å². The lowest BCUT2D eigenvalue weighted by molar-refractivity contribution is -0.127. The highest BCUT2D eigenvalue weighted by Crippen LogP contribution is 2.15. The van der Waals surface area contributed by atoms with E-state index in [2.05, 4.69) is 12.2 Å². The molecular formula is C11H21NO2. The quantitative estimate of drug-likeness (QED) is 0.661. The van der Waals surface area contributed by atoms with Crippen LogP contribution in [0.5, 0.6) is 0 Å². The van der Waals surface area contributed by atoms with E-state index < -0.39 is 0 Å². The first kappa shape index (κ1) is 11.5. The van der Waals surface area contributed by atoms with Gasteiger partial charge in [-0.05, 0) is 25.7 Å². The second-order valence-electron chi connectivity index (χ2n) is 3.88. The van der Waals surface area contributed by atoms with E-state index in [1.54, 1.807) is 0 Å². The maximum atomic E-state index is 11.3. The Morgan fingerprint density at radius 3 is 3.07 bits per heavy atom. The molecule has 1 amide bonds. The molecule has 1 aliphatic rings. The van der Waals surface area contributed by atoms with Crippen molar-refractivity contribution in [3.8, 4) is 0 Å². The van der Waals surface area contributed by atoms with Gasteiger partial charge in [0.15, 0.2) is 0 Å². The third kappa shape index (κ3) is 4.09. The maximum Gasteiger partial charge on any atom is 0.223 e. The van der Waals surface area contributed by atoms with Crippen LogP contribution in [0.2, 0.25) is 0 Å². The molecule has 14 heavy (non-hydrogen) atoms. The van der Waals surface area contributed by atoms with Crippen LogP contribution in [0.4, 0.5) is 0 Å². The number of carbonyl (C=O) groups excluding carboxylic acids is 1. The molecule has 1 N–H and O–H groups in total. The van der Waals surface area contributed by atoms with Gasteiger partial charge in [0, 0.05) is 25.7 Å². The summed E-state index contributed by atoms with van der Waals surface area (Å²) in [6.45, 7) is 4.58. The first-order chi connectivity index (χ1) is 6.84. The summed E-state index contributed by atoms with van der Waals surface area (Å²) in [5.41, 5.74) is 0. The molecule has 1 heterocycles. The van der Waals surface area contributed by atoms with Gasteiger partial charge in [0.25, 0.3) is 0 Å². The highest BCUT2D eigenvalue weighted by molar-refractivity contribution is 5.79. The summed E-state index contributed by atoms with van der Waals surface area (Å²) in [4.78, 5) is 11.3. The molecule has 1 saturated heterocycles. The summed E-state index contributed by atoms with van der Waals surface area (Å²) in [7, 11) is 0. The van der Waals surface area contributed by atoms with Crippen LogP contribution in [0, 0.1) is 5.92 Å². The number of carbonyl (C=O) groups is 1. The van der Waals surface area contributed by atoms with Gasteiger partial charge in [-0.3, -0.25) is 4.79 Å². The van der Waals surface area contributed by atoms with Gasteiger partial charge in [0.05, 0.1) is 0 Å². The molecule has 82 valence electrons. The van der Waals surface area contributed by atoms with Crippen molar-refractivity contribution in [3.63, 3.8) is 0 Å². The number of hydrogen-bond acceptors (Lipinski definition) is 2. The number of piperidine rings is 1. The van der Waals surface area contributed by atoms with E-state index in [-0.39, 0.29) is 11.8 Å². The molecule has 0 aliphatic carbocycles. The largest absolute Gasteiger partial charge is 0.381 e. The van der Waals surface area contributed by atoms with E-state index in [1.807, 2.05) is 0 Å². The zero-order valence-electron chi connectivity index (χ0n) is 9.05. The van der Waals surface area contributed by atoms with Crippen LogP contribution in [0.25, 0.3) is 0 Å². The predicted octanol–water partition coefficient (Wildman–Crippen LogP) is 1.72. The summed E-state index contributed by atoms with van der Waals surface area (Å²) >= 11 is 0. The smallest absolute Gasteiger partial charge is 0.223 e. The third-order valence-corrected chi connectivity index (χ3v) is 2.65. The molecule has 0 aromatic carbocycles. The minimum Gasteiger partial charge on any atom is -0.381 e. The average molecular weight is 199 g/mol. The predicted molar refractivity (Wildman–Crippen MR) is 56.1 cm³/mol. The number of unbranched alkanes of at least 4 members (excludes halogenated alkanes) is 1. The fourth-order valence-corrected chi connectivity index (χ4v) is 1.68. The Balaban J connectivity index is 2.02. The van der Waals surface area contributed by atoms with E-state index in [0.717, 1.165) is 45.4 Å². The first-order valence-electron chi connectivity index (χ1n) is 5.70. The Morgan fingerprint density at radius 1 is 1.50 bits per heavy atom. The molecule has 1 unspecified atom stereocenters. The van der Waals surface area contributed by atoms with Gasteiger partial charge in [0.1, 0.15) is 0 Å². The van der Waals surface area contributed by atoms with Crippen molar-refractivity contribution in [2.24, 2.45) is 5.92 Å². The van der Waals surface area contributed by atoms with Crippen LogP contribution < -0.4 is 5.32 Å². The molecule has 0 saturated carbocycles. The van der Waals surface area contributed by atoms with Crippen LogP contribution in [-0.4, -0.2) is 25.7 Å². The second kappa shape index (κ2) is 6.82. The Morgan fingerprint density at radius 2 is 2.36 bits per heavy atom. The van der Waals surface area contributed by atoms with Crippen LogP contribution in [0.15, 0.2) is 0 Å². The molecule has 0 aromatic rings. The first-order valence-corrected chi connectivity index (χ1v) is 5.70. The van der Waals surface area contributed by atoms with E-state index in [4.69, 9.17) is 4.74 Å². The van der Waals surface area contributed by atoms with Crippen molar-refractivity contribution in [1.29, 1.82) is 0 Å². The molecule has 3 heteroatoms. The third-order valence-electron chi connectivity index (χ3n) is 2.65. The molecule has 1 aliphatic heterocycles. The molecule has 1 rings (SSSR count). The molecule has 3 nitrogen and oxygen atoms in total. The van der Waals surface area contributed by atoms with Gasteiger partial charge in [-0.1, -0.05) is 13.3 Å². The van der Waals surface area contributed by atoms with E-state index in [1.165, 1.54) is 6.42 Å². The van der Waals surface area contributed by atoms with Crippen molar-refractivity contribution >= 4 is 5.91 Å². The van der Waals surface area contributed by atoms with Crippen LogP contribution in [0.3, 0.4) is 0 Å². The second-order valence-corrected chi connectivity index (χ2v) is 3.88. The minimum atomic E-state index is 0.199. The zero-order valence-corrected chi connectivity index (χ0v) is 9.05. The molecule has 0 bridgehead atoms. The Bertz CT molecular complexity index is 171. The van der Waals surface area contributed by atoms with Crippen LogP contribution in [-0.2, 0) is 9.53 Å². The SMILES string of the molecule is CCCCOCCC1CCCNC1=O. The van der Waals surface area contributed by atoms with Crippen molar-refractivity contribution in [2.75, 3.05) is 19.8 Å². The summed E-state index contributed by atoms with van der Waals surface area (Å²) < 4.78 is 5.45. The maximum absolute atomic E-state index is 11.3. The monoisotopic (exact) mass is 199 g/mol. The lowest BCUT2D eigenvalue weighted by Crippen LogP contribution is -2.36.